The Bertz CT molecular complexity index is 1250. The topological polar surface area (TPSA) is 113 Å². The Labute approximate surface area is 186 Å². The van der Waals surface area contributed by atoms with Gasteiger partial charge >= 0.3 is 5.97 Å². The molecule has 0 aliphatic rings. The van der Waals surface area contributed by atoms with Gasteiger partial charge in [0.1, 0.15) is 11.3 Å². The number of hydrogen-bond acceptors (Lipinski definition) is 6. The van der Waals surface area contributed by atoms with E-state index in [0.717, 1.165) is 5.39 Å². The Morgan fingerprint density at radius 1 is 1.00 bits per heavy atom. The largest absolute Gasteiger partial charge is 0.506 e. The standard InChI is InChI=1S/C23H24N2O6S/c1-3-25(4-2)32(29,30)18-10-7-9-17(14-18)24-21(26)15-31-23(28)20-13-12-16-8-5-6-11-19(16)22(20)27/h5-14,27H,3-4,15H2,1-2H3,(H,24,26). The van der Waals surface area contributed by atoms with E-state index in [9.17, 15) is 23.1 Å². The van der Waals surface area contributed by atoms with Gasteiger partial charge in [-0.05, 0) is 29.7 Å². The minimum Gasteiger partial charge on any atom is -0.506 e. The molecule has 0 aliphatic heterocycles. The predicted molar refractivity (Wildman–Crippen MR) is 121 cm³/mol. The minimum absolute atomic E-state index is 0.0520. The number of phenols is 1. The average Bonchev–Trinajstić information content (AvgIpc) is 2.79. The van der Waals surface area contributed by atoms with Crippen molar-refractivity contribution in [2.24, 2.45) is 0 Å². The number of amides is 1. The molecule has 32 heavy (non-hydrogen) atoms. The maximum absolute atomic E-state index is 12.6. The lowest BCUT2D eigenvalue weighted by atomic mass is 10.1. The molecule has 0 saturated heterocycles. The summed E-state index contributed by atoms with van der Waals surface area (Å²) in [5.41, 5.74) is 0.205. The lowest BCUT2D eigenvalue weighted by molar-refractivity contribution is -0.119. The van der Waals surface area contributed by atoms with Gasteiger partial charge < -0.3 is 15.2 Å². The van der Waals surface area contributed by atoms with Gasteiger partial charge in [-0.2, -0.15) is 4.31 Å². The first-order valence-corrected chi connectivity index (χ1v) is 11.5. The molecule has 0 radical (unpaired) electrons. The second kappa shape index (κ2) is 9.80. The van der Waals surface area contributed by atoms with E-state index >= 15 is 0 Å². The van der Waals surface area contributed by atoms with Crippen LogP contribution in [0.4, 0.5) is 5.69 Å². The summed E-state index contributed by atoms with van der Waals surface area (Å²) in [6.45, 7) is 3.54. The van der Waals surface area contributed by atoms with Crippen molar-refractivity contribution in [2.45, 2.75) is 18.7 Å². The number of carbonyl (C=O) groups is 2. The number of rotatable bonds is 8. The van der Waals surface area contributed by atoms with Crippen LogP contribution >= 0.6 is 0 Å². The summed E-state index contributed by atoms with van der Waals surface area (Å²) in [6.07, 6.45) is 0. The summed E-state index contributed by atoms with van der Waals surface area (Å²) in [6, 6.07) is 16.0. The molecule has 8 nitrogen and oxygen atoms in total. The summed E-state index contributed by atoms with van der Waals surface area (Å²) < 4.78 is 31.6. The van der Waals surface area contributed by atoms with Crippen LogP contribution in [0.5, 0.6) is 5.75 Å². The molecule has 1 amide bonds. The van der Waals surface area contributed by atoms with Gasteiger partial charge in [0.25, 0.3) is 5.91 Å². The number of ether oxygens (including phenoxy) is 1. The van der Waals surface area contributed by atoms with E-state index in [1.54, 1.807) is 38.1 Å². The summed E-state index contributed by atoms with van der Waals surface area (Å²) in [7, 11) is -3.68. The maximum Gasteiger partial charge on any atom is 0.342 e. The van der Waals surface area contributed by atoms with Crippen LogP contribution in [0.15, 0.2) is 65.6 Å². The van der Waals surface area contributed by atoms with Crippen molar-refractivity contribution in [3.8, 4) is 5.75 Å². The molecule has 2 N–H and O–H groups in total. The number of anilines is 1. The number of sulfonamides is 1. The number of benzene rings is 3. The van der Waals surface area contributed by atoms with Crippen LogP contribution in [-0.2, 0) is 19.6 Å². The molecule has 0 bridgehead atoms. The van der Waals surface area contributed by atoms with Crippen molar-refractivity contribution >= 4 is 38.4 Å². The molecule has 0 heterocycles. The molecule has 9 heteroatoms. The smallest absolute Gasteiger partial charge is 0.342 e. The summed E-state index contributed by atoms with van der Waals surface area (Å²) in [4.78, 5) is 24.6. The fourth-order valence-electron chi connectivity index (χ4n) is 3.27. The van der Waals surface area contributed by atoms with Gasteiger partial charge in [0, 0.05) is 24.2 Å². The molecule has 3 rings (SSSR count). The van der Waals surface area contributed by atoms with Crippen LogP contribution in [0.3, 0.4) is 0 Å². The molecule has 0 aromatic heterocycles. The van der Waals surface area contributed by atoms with Crippen LogP contribution in [0.1, 0.15) is 24.2 Å². The molecule has 0 atom stereocenters. The van der Waals surface area contributed by atoms with Gasteiger partial charge in [-0.3, -0.25) is 4.79 Å². The fraction of sp³-hybridized carbons (Fsp3) is 0.217. The van der Waals surface area contributed by atoms with Crippen molar-refractivity contribution in [2.75, 3.05) is 25.0 Å². The highest BCUT2D eigenvalue weighted by molar-refractivity contribution is 7.89. The van der Waals surface area contributed by atoms with E-state index in [2.05, 4.69) is 5.32 Å². The third kappa shape index (κ3) is 4.90. The quantitative estimate of drug-likeness (QED) is 0.503. The van der Waals surface area contributed by atoms with Crippen LogP contribution in [0, 0.1) is 0 Å². The van der Waals surface area contributed by atoms with Crippen LogP contribution in [0.25, 0.3) is 10.8 Å². The summed E-state index contributed by atoms with van der Waals surface area (Å²) in [5.74, 6) is -1.71. The monoisotopic (exact) mass is 456 g/mol. The van der Waals surface area contributed by atoms with Crippen LogP contribution in [0.2, 0.25) is 0 Å². The first kappa shape index (κ1) is 23.2. The lowest BCUT2D eigenvalue weighted by Gasteiger charge is -2.18. The maximum atomic E-state index is 12.6. The lowest BCUT2D eigenvalue weighted by Crippen LogP contribution is -2.30. The van der Waals surface area contributed by atoms with E-state index in [0.29, 0.717) is 18.5 Å². The average molecular weight is 457 g/mol. The molecular weight excluding hydrogens is 432 g/mol. The second-order valence-electron chi connectivity index (χ2n) is 6.92. The number of hydrogen-bond donors (Lipinski definition) is 2. The Balaban J connectivity index is 1.67. The number of aromatic hydroxyl groups is 1. The summed E-state index contributed by atoms with van der Waals surface area (Å²) in [5, 5.41) is 14.1. The predicted octanol–water partition coefficient (Wildman–Crippen LogP) is 3.37. The van der Waals surface area contributed by atoms with Crippen molar-refractivity contribution in [3.05, 3.63) is 66.2 Å². The number of phenolic OH excluding ortho intramolecular Hbond substituents is 1. The van der Waals surface area contributed by atoms with E-state index in [4.69, 9.17) is 4.74 Å². The molecule has 0 unspecified atom stereocenters. The zero-order chi connectivity index (χ0) is 23.3. The molecule has 0 fully saturated rings. The highest BCUT2D eigenvalue weighted by Gasteiger charge is 2.22. The Hall–Kier alpha value is -3.43. The Kier molecular flexibility index (Phi) is 7.12. The van der Waals surface area contributed by atoms with Crippen LogP contribution in [-0.4, -0.2) is 49.4 Å². The van der Waals surface area contributed by atoms with E-state index in [1.165, 1.54) is 34.6 Å². The Morgan fingerprint density at radius 3 is 2.44 bits per heavy atom. The second-order valence-corrected chi connectivity index (χ2v) is 8.86. The van der Waals surface area contributed by atoms with Gasteiger partial charge in [-0.1, -0.05) is 50.2 Å². The van der Waals surface area contributed by atoms with E-state index in [-0.39, 0.29) is 21.9 Å². The summed E-state index contributed by atoms with van der Waals surface area (Å²) >= 11 is 0. The zero-order valence-corrected chi connectivity index (χ0v) is 18.6. The van der Waals surface area contributed by atoms with Crippen molar-refractivity contribution in [1.29, 1.82) is 0 Å². The number of nitrogens with one attached hydrogen (secondary N) is 1. The van der Waals surface area contributed by atoms with Gasteiger partial charge in [0.2, 0.25) is 10.0 Å². The van der Waals surface area contributed by atoms with Gasteiger partial charge in [0.15, 0.2) is 6.61 Å². The van der Waals surface area contributed by atoms with Crippen molar-refractivity contribution in [3.63, 3.8) is 0 Å². The first-order chi connectivity index (χ1) is 15.3. The molecule has 3 aromatic rings. The van der Waals surface area contributed by atoms with Gasteiger partial charge in [-0.25, -0.2) is 13.2 Å². The number of fused-ring (bicyclic) bond motifs is 1. The molecule has 0 saturated carbocycles. The number of nitrogens with zero attached hydrogens (tertiary/aromatic N) is 1. The minimum atomic E-state index is -3.68. The third-order valence-corrected chi connectivity index (χ3v) is 6.96. The van der Waals surface area contributed by atoms with Crippen molar-refractivity contribution in [1.82, 2.24) is 4.31 Å². The SMILES string of the molecule is CCN(CC)S(=O)(=O)c1cccc(NC(=O)COC(=O)c2ccc3ccccc3c2O)c1. The first-order valence-electron chi connectivity index (χ1n) is 10.1. The highest BCUT2D eigenvalue weighted by atomic mass is 32.2. The van der Waals surface area contributed by atoms with E-state index < -0.39 is 28.5 Å². The molecular formula is C23H24N2O6S. The highest BCUT2D eigenvalue weighted by Crippen LogP contribution is 2.29. The zero-order valence-electron chi connectivity index (χ0n) is 17.7. The van der Waals surface area contributed by atoms with Gasteiger partial charge in [-0.15, -0.1) is 0 Å². The van der Waals surface area contributed by atoms with Gasteiger partial charge in [0.05, 0.1) is 4.90 Å². The normalized spacial score (nSPS) is 11.5. The molecule has 0 aliphatic carbocycles. The molecule has 168 valence electrons. The third-order valence-electron chi connectivity index (χ3n) is 4.92. The van der Waals surface area contributed by atoms with E-state index in [1.807, 2.05) is 6.07 Å². The molecule has 0 spiro atoms. The van der Waals surface area contributed by atoms with Crippen molar-refractivity contribution < 1.29 is 27.9 Å². The molecule has 3 aromatic carbocycles. The number of carbonyl (C=O) groups excluding carboxylic acids is 2. The van der Waals surface area contributed by atoms with Crippen LogP contribution < -0.4 is 5.32 Å². The Morgan fingerprint density at radius 2 is 1.72 bits per heavy atom. The fourth-order valence-corrected chi connectivity index (χ4v) is 4.78. The number of esters is 1.